The molecule has 1 atom stereocenters. The van der Waals surface area contributed by atoms with Crippen molar-refractivity contribution < 1.29 is 22.7 Å². The molecular weight excluding hydrogens is 509 g/mol. The van der Waals surface area contributed by atoms with Crippen molar-refractivity contribution >= 4 is 11.6 Å². The maximum Gasteiger partial charge on any atom is 0.433 e. The third-order valence-electron chi connectivity index (χ3n) is 7.20. The predicted molar refractivity (Wildman–Crippen MR) is 140 cm³/mol. The number of nitrogens with zero attached hydrogens (tertiary/aromatic N) is 5. The first kappa shape index (κ1) is 26.6. The zero-order chi connectivity index (χ0) is 27.7. The summed E-state index contributed by atoms with van der Waals surface area (Å²) in [6.45, 7) is 3.77. The third kappa shape index (κ3) is 5.07. The van der Waals surface area contributed by atoms with Crippen molar-refractivity contribution in [3.05, 3.63) is 83.2 Å². The summed E-state index contributed by atoms with van der Waals surface area (Å²) >= 11 is 0. The number of amides is 1. The minimum Gasteiger partial charge on any atom is -0.497 e. The minimum atomic E-state index is -4.71. The van der Waals surface area contributed by atoms with Gasteiger partial charge in [0.05, 0.1) is 19.0 Å². The molecule has 8 nitrogen and oxygen atoms in total. The van der Waals surface area contributed by atoms with Crippen LogP contribution < -0.4 is 10.5 Å². The molecular formula is C28H29F3N6O2. The Bertz CT molecular complexity index is 1460. The average Bonchev–Trinajstić information content (AvgIpc) is 3.36. The monoisotopic (exact) mass is 538 g/mol. The van der Waals surface area contributed by atoms with Gasteiger partial charge in [-0.05, 0) is 36.8 Å². The number of methoxy groups -OCH3 is 1. The van der Waals surface area contributed by atoms with Gasteiger partial charge in [-0.15, -0.1) is 0 Å². The Morgan fingerprint density at radius 1 is 1.05 bits per heavy atom. The van der Waals surface area contributed by atoms with Crippen molar-refractivity contribution in [1.29, 1.82) is 0 Å². The lowest BCUT2D eigenvalue weighted by Crippen LogP contribution is -2.50. The van der Waals surface area contributed by atoms with Crippen molar-refractivity contribution in [3.8, 4) is 17.0 Å². The van der Waals surface area contributed by atoms with E-state index < -0.39 is 17.8 Å². The topological polar surface area (TPSA) is 89.0 Å². The van der Waals surface area contributed by atoms with Gasteiger partial charge in [-0.2, -0.15) is 18.3 Å². The van der Waals surface area contributed by atoms with Crippen LogP contribution in [-0.4, -0.2) is 70.1 Å². The van der Waals surface area contributed by atoms with E-state index in [9.17, 15) is 18.0 Å². The van der Waals surface area contributed by atoms with E-state index in [0.717, 1.165) is 10.1 Å². The highest BCUT2D eigenvalue weighted by atomic mass is 19.4. The normalized spacial score (nSPS) is 15.5. The van der Waals surface area contributed by atoms with Gasteiger partial charge in [-0.25, -0.2) is 9.50 Å². The molecule has 4 aromatic rings. The number of nitrogens with two attached hydrogens (primary N) is 1. The van der Waals surface area contributed by atoms with Crippen LogP contribution in [-0.2, 0) is 6.18 Å². The maximum atomic E-state index is 14.2. The first-order valence-electron chi connectivity index (χ1n) is 12.6. The molecule has 0 spiro atoms. The second kappa shape index (κ2) is 10.7. The van der Waals surface area contributed by atoms with Crippen LogP contribution in [0.2, 0.25) is 0 Å². The molecule has 2 N–H and O–H groups in total. The molecule has 1 saturated heterocycles. The molecule has 1 fully saturated rings. The first-order chi connectivity index (χ1) is 18.7. The summed E-state index contributed by atoms with van der Waals surface area (Å²) in [6, 6.07) is 16.5. The molecule has 39 heavy (non-hydrogen) atoms. The number of hydrogen-bond donors (Lipinski definition) is 1. The summed E-state index contributed by atoms with van der Waals surface area (Å²) in [5, 5.41) is 3.96. The van der Waals surface area contributed by atoms with Crippen LogP contribution in [0, 0.1) is 6.92 Å². The molecule has 0 saturated carbocycles. The second-order valence-electron chi connectivity index (χ2n) is 9.44. The van der Waals surface area contributed by atoms with Crippen molar-refractivity contribution in [2.75, 3.05) is 39.8 Å². The molecule has 0 radical (unpaired) electrons. The second-order valence-corrected chi connectivity index (χ2v) is 9.44. The fraction of sp³-hybridized carbons (Fsp3) is 0.321. The van der Waals surface area contributed by atoms with Crippen molar-refractivity contribution in [3.63, 3.8) is 0 Å². The van der Waals surface area contributed by atoms with Gasteiger partial charge in [-0.3, -0.25) is 9.69 Å². The van der Waals surface area contributed by atoms with Gasteiger partial charge in [0.1, 0.15) is 11.3 Å². The lowest BCUT2D eigenvalue weighted by molar-refractivity contribution is -0.143. The molecule has 2 aromatic heterocycles. The standard InChI is InChI=1S/C28H29F3N6O2/c1-18-24(20-8-10-21(39-2)11-9-20)34-26-22(17-33-37(26)25(18)28(29,30)31)27(38)36-14-12-35(13-15-36)23(16-32)19-6-4-3-5-7-19/h3-11,17,23H,12-16,32H2,1-2H3/t23-/m1/s1. The number of ether oxygens (including phenoxy) is 1. The van der Waals surface area contributed by atoms with E-state index in [1.807, 2.05) is 30.3 Å². The molecule has 2 aromatic carbocycles. The Kier molecular flexibility index (Phi) is 7.28. The summed E-state index contributed by atoms with van der Waals surface area (Å²) in [5.74, 6) is 0.163. The largest absolute Gasteiger partial charge is 0.497 e. The highest BCUT2D eigenvalue weighted by molar-refractivity contribution is 6.00. The summed E-state index contributed by atoms with van der Waals surface area (Å²) < 4.78 is 48.6. The molecule has 0 bridgehead atoms. The SMILES string of the molecule is COc1ccc(-c2nc3c(C(=O)N4CCN([C@H](CN)c5ccccc5)CC4)cnn3c(C(F)(F)F)c2C)cc1. The summed E-state index contributed by atoms with van der Waals surface area (Å²) in [7, 11) is 1.51. The van der Waals surface area contributed by atoms with Crippen LogP contribution in [0.5, 0.6) is 5.75 Å². The van der Waals surface area contributed by atoms with Crippen LogP contribution in [0.15, 0.2) is 60.8 Å². The lowest BCUT2D eigenvalue weighted by Gasteiger charge is -2.39. The quantitative estimate of drug-likeness (QED) is 0.396. The Morgan fingerprint density at radius 2 is 1.72 bits per heavy atom. The van der Waals surface area contributed by atoms with Gasteiger partial charge >= 0.3 is 6.18 Å². The third-order valence-corrected chi connectivity index (χ3v) is 7.20. The number of carbonyl (C=O) groups excluding carboxylic acids is 1. The summed E-state index contributed by atoms with van der Waals surface area (Å²) in [6.07, 6.45) is -3.53. The van der Waals surface area contributed by atoms with Gasteiger partial charge in [0.15, 0.2) is 11.3 Å². The zero-order valence-corrected chi connectivity index (χ0v) is 21.7. The van der Waals surface area contributed by atoms with Crippen LogP contribution in [0.3, 0.4) is 0 Å². The Labute approximate surface area is 223 Å². The average molecular weight is 539 g/mol. The van der Waals surface area contributed by atoms with Gasteiger partial charge in [-0.1, -0.05) is 30.3 Å². The molecule has 1 amide bonds. The Hall–Kier alpha value is -3.96. The van der Waals surface area contributed by atoms with Crippen molar-refractivity contribution in [2.24, 2.45) is 5.73 Å². The van der Waals surface area contributed by atoms with Gasteiger partial charge in [0, 0.05) is 49.9 Å². The number of halogens is 3. The fourth-order valence-corrected chi connectivity index (χ4v) is 5.17. The van der Waals surface area contributed by atoms with E-state index in [-0.39, 0.29) is 28.5 Å². The molecule has 3 heterocycles. The molecule has 5 rings (SSSR count). The molecule has 1 aliphatic heterocycles. The van der Waals surface area contributed by atoms with E-state index in [0.29, 0.717) is 44.0 Å². The van der Waals surface area contributed by atoms with Gasteiger partial charge in [0.2, 0.25) is 0 Å². The number of carbonyl (C=O) groups is 1. The minimum absolute atomic E-state index is 0.0199. The predicted octanol–water partition coefficient (Wildman–Crippen LogP) is 4.19. The summed E-state index contributed by atoms with van der Waals surface area (Å²) in [4.78, 5) is 21.9. The van der Waals surface area contributed by atoms with Gasteiger partial charge in [0.25, 0.3) is 5.91 Å². The smallest absolute Gasteiger partial charge is 0.433 e. The number of alkyl halides is 3. The molecule has 204 valence electrons. The fourth-order valence-electron chi connectivity index (χ4n) is 5.17. The van der Waals surface area contributed by atoms with Crippen molar-refractivity contribution in [1.82, 2.24) is 24.4 Å². The van der Waals surface area contributed by atoms with E-state index in [2.05, 4.69) is 15.0 Å². The van der Waals surface area contributed by atoms with E-state index >= 15 is 0 Å². The molecule has 11 heteroatoms. The van der Waals surface area contributed by atoms with Crippen LogP contribution in [0.4, 0.5) is 13.2 Å². The van der Waals surface area contributed by atoms with Crippen LogP contribution in [0.25, 0.3) is 16.9 Å². The number of rotatable bonds is 6. The number of hydrogen-bond acceptors (Lipinski definition) is 6. The number of benzene rings is 2. The maximum absolute atomic E-state index is 14.2. The van der Waals surface area contributed by atoms with Crippen LogP contribution >= 0.6 is 0 Å². The van der Waals surface area contributed by atoms with E-state index in [1.54, 1.807) is 29.2 Å². The number of aromatic nitrogens is 3. The highest BCUT2D eigenvalue weighted by Crippen LogP contribution is 2.37. The molecule has 1 aliphatic rings. The van der Waals surface area contributed by atoms with Crippen LogP contribution in [0.1, 0.15) is 33.2 Å². The van der Waals surface area contributed by atoms with E-state index in [1.165, 1.54) is 20.2 Å². The lowest BCUT2D eigenvalue weighted by atomic mass is 10.0. The Morgan fingerprint density at radius 3 is 2.31 bits per heavy atom. The zero-order valence-electron chi connectivity index (χ0n) is 21.7. The number of fused-ring (bicyclic) bond motifs is 1. The van der Waals surface area contributed by atoms with Crippen molar-refractivity contribution in [2.45, 2.75) is 19.1 Å². The first-order valence-corrected chi connectivity index (χ1v) is 12.6. The van der Waals surface area contributed by atoms with E-state index in [4.69, 9.17) is 10.5 Å². The summed E-state index contributed by atoms with van der Waals surface area (Å²) in [5.41, 5.74) is 6.64. The molecule has 0 unspecified atom stereocenters. The molecule has 0 aliphatic carbocycles. The van der Waals surface area contributed by atoms with Gasteiger partial charge < -0.3 is 15.4 Å². The highest BCUT2D eigenvalue weighted by Gasteiger charge is 2.39. The Balaban J connectivity index is 1.46. The number of piperazine rings is 1.